The van der Waals surface area contributed by atoms with E-state index in [1.54, 1.807) is 40.8 Å². The Balaban J connectivity index is 2.89. The third-order valence-corrected chi connectivity index (χ3v) is 1.97. The van der Waals surface area contributed by atoms with Gasteiger partial charge >= 0.3 is 6.09 Å². The zero-order chi connectivity index (χ0) is 13.2. The summed E-state index contributed by atoms with van der Waals surface area (Å²) in [6.45, 7) is 7.16. The second-order valence-electron chi connectivity index (χ2n) is 4.67. The number of carbonyl (C=O) groups is 1. The van der Waals surface area contributed by atoms with Crippen LogP contribution in [0.4, 0.5) is 10.7 Å². The van der Waals surface area contributed by atoms with Gasteiger partial charge in [-0.15, -0.1) is 0 Å². The predicted octanol–water partition coefficient (Wildman–Crippen LogP) is 2.81. The molecule has 0 aliphatic heterocycles. The molecule has 94 valence electrons. The molecule has 1 heterocycles. The molecule has 0 radical (unpaired) electrons. The van der Waals surface area contributed by atoms with Crippen molar-refractivity contribution in [1.82, 2.24) is 9.97 Å². The van der Waals surface area contributed by atoms with Gasteiger partial charge < -0.3 is 4.74 Å². The third kappa shape index (κ3) is 4.19. The van der Waals surface area contributed by atoms with Crippen LogP contribution < -0.4 is 4.90 Å². The van der Waals surface area contributed by atoms with Crippen LogP contribution in [0.5, 0.6) is 0 Å². The summed E-state index contributed by atoms with van der Waals surface area (Å²) in [5.74, 6) is 0.226. The Labute approximate surface area is 106 Å². The van der Waals surface area contributed by atoms with Crippen molar-refractivity contribution < 1.29 is 9.53 Å². The van der Waals surface area contributed by atoms with Gasteiger partial charge in [0.15, 0.2) is 0 Å². The largest absolute Gasteiger partial charge is 0.443 e. The number of hydrogen-bond donors (Lipinski definition) is 0. The number of ether oxygens (including phenoxy) is 1. The third-order valence-electron chi connectivity index (χ3n) is 1.78. The summed E-state index contributed by atoms with van der Waals surface area (Å²) >= 11 is 5.80. The predicted molar refractivity (Wildman–Crippen MR) is 66.4 cm³/mol. The fraction of sp³-hybridized carbons (Fsp3) is 0.545. The van der Waals surface area contributed by atoms with Crippen LogP contribution in [0.25, 0.3) is 0 Å². The van der Waals surface area contributed by atoms with Crippen LogP contribution in [0.15, 0.2) is 6.07 Å². The molecule has 0 aromatic carbocycles. The van der Waals surface area contributed by atoms with Crippen molar-refractivity contribution in [3.63, 3.8) is 0 Å². The summed E-state index contributed by atoms with van der Waals surface area (Å²) in [5, 5.41) is 0.294. The van der Waals surface area contributed by atoms with Gasteiger partial charge in [-0.3, -0.25) is 0 Å². The Morgan fingerprint density at radius 3 is 2.47 bits per heavy atom. The Hall–Kier alpha value is -1.36. The topological polar surface area (TPSA) is 55.3 Å². The molecule has 0 aliphatic carbocycles. The molecule has 0 bridgehead atoms. The molecule has 5 nitrogen and oxygen atoms in total. The zero-order valence-corrected chi connectivity index (χ0v) is 11.4. The van der Waals surface area contributed by atoms with Crippen LogP contribution in [-0.4, -0.2) is 28.7 Å². The van der Waals surface area contributed by atoms with Crippen LogP contribution in [0, 0.1) is 6.92 Å². The molecule has 0 saturated heterocycles. The minimum Gasteiger partial charge on any atom is -0.443 e. The monoisotopic (exact) mass is 257 g/mol. The molecular weight excluding hydrogens is 242 g/mol. The summed E-state index contributed by atoms with van der Waals surface area (Å²) in [5.41, 5.74) is 0.134. The number of nitrogens with zero attached hydrogens (tertiary/aromatic N) is 3. The van der Waals surface area contributed by atoms with Crippen LogP contribution in [0.2, 0.25) is 5.15 Å². The van der Waals surface area contributed by atoms with Gasteiger partial charge in [-0.25, -0.2) is 19.7 Å². The number of carbonyl (C=O) groups excluding carboxylic acids is 1. The average Bonchev–Trinajstić information content (AvgIpc) is 2.12. The summed E-state index contributed by atoms with van der Waals surface area (Å²) in [6, 6.07) is 1.62. The maximum Gasteiger partial charge on any atom is 0.416 e. The Kier molecular flexibility index (Phi) is 3.93. The van der Waals surface area contributed by atoms with Gasteiger partial charge in [0.25, 0.3) is 0 Å². The Morgan fingerprint density at radius 1 is 1.41 bits per heavy atom. The van der Waals surface area contributed by atoms with E-state index >= 15 is 0 Å². The first-order valence-corrected chi connectivity index (χ1v) is 5.55. The van der Waals surface area contributed by atoms with Crippen LogP contribution >= 0.6 is 11.6 Å². The zero-order valence-electron chi connectivity index (χ0n) is 10.6. The van der Waals surface area contributed by atoms with Gasteiger partial charge in [-0.1, -0.05) is 11.6 Å². The van der Waals surface area contributed by atoms with Gasteiger partial charge in [0.2, 0.25) is 5.95 Å². The van der Waals surface area contributed by atoms with Gasteiger partial charge in [-0.2, -0.15) is 0 Å². The molecule has 0 N–H and O–H groups in total. The van der Waals surface area contributed by atoms with E-state index in [1.807, 2.05) is 0 Å². The van der Waals surface area contributed by atoms with Crippen molar-refractivity contribution in [2.45, 2.75) is 33.3 Å². The van der Waals surface area contributed by atoms with E-state index in [1.165, 1.54) is 4.90 Å². The summed E-state index contributed by atoms with van der Waals surface area (Å²) < 4.78 is 5.20. The molecule has 0 fully saturated rings. The molecular formula is C11H16ClN3O2. The average molecular weight is 258 g/mol. The lowest BCUT2D eigenvalue weighted by atomic mass is 10.2. The first kappa shape index (κ1) is 13.7. The Morgan fingerprint density at radius 2 is 2.00 bits per heavy atom. The molecule has 0 aliphatic rings. The molecule has 1 aromatic heterocycles. The van der Waals surface area contributed by atoms with E-state index in [4.69, 9.17) is 16.3 Å². The maximum absolute atomic E-state index is 11.8. The molecule has 17 heavy (non-hydrogen) atoms. The SMILES string of the molecule is Cc1cc(Cl)nc(N(C)C(=O)OC(C)(C)C)n1. The van der Waals surface area contributed by atoms with Crippen LogP contribution in [0.3, 0.4) is 0 Å². The van der Waals surface area contributed by atoms with E-state index in [0.29, 0.717) is 10.8 Å². The molecule has 1 rings (SSSR count). The van der Waals surface area contributed by atoms with Gasteiger partial charge in [0.1, 0.15) is 10.8 Å². The number of hydrogen-bond acceptors (Lipinski definition) is 4. The highest BCUT2D eigenvalue weighted by Crippen LogP contribution is 2.15. The Bertz CT molecular complexity index is 409. The summed E-state index contributed by atoms with van der Waals surface area (Å²) in [7, 11) is 1.54. The molecule has 6 heteroatoms. The lowest BCUT2D eigenvalue weighted by molar-refractivity contribution is 0.0587. The van der Waals surface area contributed by atoms with Gasteiger partial charge in [0, 0.05) is 12.7 Å². The van der Waals surface area contributed by atoms with E-state index in [9.17, 15) is 4.79 Å². The molecule has 0 saturated carbocycles. The molecule has 1 aromatic rings. The maximum atomic E-state index is 11.8. The minimum atomic E-state index is -0.557. The number of aromatic nitrogens is 2. The van der Waals surface area contributed by atoms with Gasteiger partial charge in [0.05, 0.1) is 0 Å². The van der Waals surface area contributed by atoms with Crippen LogP contribution in [0.1, 0.15) is 26.5 Å². The number of amides is 1. The smallest absolute Gasteiger partial charge is 0.416 e. The van der Waals surface area contributed by atoms with Crippen molar-refractivity contribution in [2.24, 2.45) is 0 Å². The van der Waals surface area contributed by atoms with Crippen molar-refractivity contribution in [2.75, 3.05) is 11.9 Å². The molecule has 1 amide bonds. The quantitative estimate of drug-likeness (QED) is 0.726. The van der Waals surface area contributed by atoms with Crippen molar-refractivity contribution >= 4 is 23.6 Å². The second kappa shape index (κ2) is 4.87. The van der Waals surface area contributed by atoms with E-state index in [-0.39, 0.29) is 5.95 Å². The molecule has 0 spiro atoms. The second-order valence-corrected chi connectivity index (χ2v) is 5.06. The highest BCUT2D eigenvalue weighted by molar-refractivity contribution is 6.29. The van der Waals surface area contributed by atoms with Crippen molar-refractivity contribution in [3.05, 3.63) is 16.9 Å². The highest BCUT2D eigenvalue weighted by atomic mass is 35.5. The number of rotatable bonds is 1. The van der Waals surface area contributed by atoms with E-state index in [2.05, 4.69) is 9.97 Å². The standard InChI is InChI=1S/C11H16ClN3O2/c1-7-6-8(12)14-9(13-7)15(5)10(16)17-11(2,3)4/h6H,1-5H3. The van der Waals surface area contributed by atoms with Crippen molar-refractivity contribution in [3.8, 4) is 0 Å². The lowest BCUT2D eigenvalue weighted by Gasteiger charge is -2.23. The molecule has 0 atom stereocenters. The normalized spacial score (nSPS) is 11.2. The fourth-order valence-electron chi connectivity index (χ4n) is 1.08. The van der Waals surface area contributed by atoms with Crippen molar-refractivity contribution in [1.29, 1.82) is 0 Å². The van der Waals surface area contributed by atoms with E-state index < -0.39 is 11.7 Å². The fourth-order valence-corrected chi connectivity index (χ4v) is 1.31. The van der Waals surface area contributed by atoms with Gasteiger partial charge in [-0.05, 0) is 33.8 Å². The summed E-state index contributed by atoms with van der Waals surface area (Å²) in [4.78, 5) is 21.1. The minimum absolute atomic E-state index is 0.226. The highest BCUT2D eigenvalue weighted by Gasteiger charge is 2.22. The number of halogens is 1. The number of aryl methyl sites for hydroxylation is 1. The summed E-state index contributed by atoms with van der Waals surface area (Å²) in [6.07, 6.45) is -0.515. The van der Waals surface area contributed by atoms with Crippen LogP contribution in [-0.2, 0) is 4.74 Å². The number of anilines is 1. The first-order valence-electron chi connectivity index (χ1n) is 5.17. The van der Waals surface area contributed by atoms with E-state index in [0.717, 1.165) is 0 Å². The first-order chi connectivity index (χ1) is 7.69. The lowest BCUT2D eigenvalue weighted by Crippen LogP contribution is -2.35. The molecule has 0 unspecified atom stereocenters.